The van der Waals surface area contributed by atoms with Crippen LogP contribution in [0.2, 0.25) is 0 Å². The van der Waals surface area contributed by atoms with Gasteiger partial charge in [0.15, 0.2) is 0 Å². The van der Waals surface area contributed by atoms with E-state index < -0.39 is 17.5 Å². The summed E-state index contributed by atoms with van der Waals surface area (Å²) in [5.74, 6) is -2.00. The van der Waals surface area contributed by atoms with E-state index in [1.54, 1.807) is 48.6 Å². The third kappa shape index (κ3) is 5.93. The number of rotatable bonds is 5. The fourth-order valence-corrected chi connectivity index (χ4v) is 7.10. The van der Waals surface area contributed by atoms with E-state index in [1.807, 2.05) is 109 Å². The van der Waals surface area contributed by atoms with E-state index in [1.165, 1.54) is 6.08 Å². The van der Waals surface area contributed by atoms with Crippen LogP contribution in [0.15, 0.2) is 212 Å². The van der Waals surface area contributed by atoms with E-state index in [9.17, 15) is 18.0 Å². The zero-order chi connectivity index (χ0) is 36.8. The number of allylic oxidation sites excluding steroid dienone is 12. The van der Waals surface area contributed by atoms with Crippen LogP contribution in [0.25, 0.3) is 22.3 Å². The molecule has 9 rings (SSSR count). The van der Waals surface area contributed by atoms with Gasteiger partial charge in [0.1, 0.15) is 0 Å². The topological polar surface area (TPSA) is 66.5 Å². The van der Waals surface area contributed by atoms with Crippen molar-refractivity contribution >= 4 is 50.9 Å². The lowest BCUT2D eigenvalue weighted by molar-refractivity contribution is -0.166. The number of alkyl halides is 3. The van der Waals surface area contributed by atoms with Gasteiger partial charge in [-0.15, -0.1) is 0 Å². The zero-order valence-corrected chi connectivity index (χ0v) is 28.4. The summed E-state index contributed by atoms with van der Waals surface area (Å²) in [5, 5.41) is 0. The summed E-state index contributed by atoms with van der Waals surface area (Å²) in [6, 6.07) is 37.6. The minimum Gasteiger partial charge on any atom is -0.284 e. The lowest BCUT2D eigenvalue weighted by atomic mass is 9.84. The predicted octanol–water partition coefficient (Wildman–Crippen LogP) is 10.2. The summed E-state index contributed by atoms with van der Waals surface area (Å²) >= 11 is 0. The molecule has 0 saturated carbocycles. The molecule has 258 valence electrons. The Hall–Kier alpha value is -7.06. The molecule has 5 heterocycles. The second kappa shape index (κ2) is 13.2. The van der Waals surface area contributed by atoms with Gasteiger partial charge in [-0.25, -0.2) is 20.0 Å². The van der Waals surface area contributed by atoms with Crippen LogP contribution < -0.4 is 0 Å². The molecule has 0 aliphatic carbocycles. The summed E-state index contributed by atoms with van der Waals surface area (Å²) in [6.45, 7) is 0. The van der Waals surface area contributed by atoms with Crippen LogP contribution in [0.4, 0.5) is 13.2 Å². The van der Waals surface area contributed by atoms with Gasteiger partial charge in [0.25, 0.3) is 5.78 Å². The first-order valence-electron chi connectivity index (χ1n) is 17.3. The first kappa shape index (κ1) is 32.8. The highest BCUT2D eigenvalue weighted by Crippen LogP contribution is 2.48. The summed E-state index contributed by atoms with van der Waals surface area (Å²) in [6.07, 6.45) is 7.19. The Morgan fingerprint density at radius 1 is 0.463 bits per heavy atom. The van der Waals surface area contributed by atoms with Gasteiger partial charge in [-0.2, -0.15) is 13.2 Å². The maximum atomic E-state index is 14.7. The van der Waals surface area contributed by atoms with E-state index in [4.69, 9.17) is 15.0 Å². The van der Waals surface area contributed by atoms with E-state index in [0.29, 0.717) is 50.9 Å². The first-order chi connectivity index (χ1) is 26.3. The standard InChI is InChI=1S/C46H27F3N4O/c47-46(48,49)45(54)42-37-27-35-24-22-33(51-35)25-32-21-23-34(50-32)26-36-38(28-13-5-1-6-14-28)39(29-15-7-2-8-16-29)43(52-36)41(31-19-11-4-12-20-31)44(53-37)40(42)30-17-9-3-10-18-30/h1-27H. The maximum Gasteiger partial charge on any atom is 0.454 e. The minimum atomic E-state index is -5.19. The number of Topliss-reactive ketones (excluding diaryl/α,β-unsaturated/α-hetero) is 1. The molecule has 0 fully saturated rings. The van der Waals surface area contributed by atoms with E-state index >= 15 is 0 Å². The van der Waals surface area contributed by atoms with Gasteiger partial charge < -0.3 is 0 Å². The summed E-state index contributed by atoms with van der Waals surface area (Å²) in [7, 11) is 0. The van der Waals surface area contributed by atoms with Crippen LogP contribution in [0.1, 0.15) is 22.3 Å². The number of fused-ring (bicyclic) bond motifs is 4. The number of benzene rings is 4. The lowest BCUT2D eigenvalue weighted by Crippen LogP contribution is -2.26. The molecule has 0 unspecified atom stereocenters. The van der Waals surface area contributed by atoms with Crippen molar-refractivity contribution < 1.29 is 18.0 Å². The quantitative estimate of drug-likeness (QED) is 0.204. The van der Waals surface area contributed by atoms with Gasteiger partial charge in [-0.3, -0.25) is 4.79 Å². The number of carbonyl (C=O) groups excluding carboxylic acids is 1. The normalized spacial score (nSPS) is 17.6. The van der Waals surface area contributed by atoms with Gasteiger partial charge in [0.05, 0.1) is 51.2 Å². The van der Waals surface area contributed by atoms with Gasteiger partial charge >= 0.3 is 6.18 Å². The fraction of sp³-hybridized carbons (Fsp3) is 0.0217. The molecular weight excluding hydrogens is 682 g/mol. The Kier molecular flexibility index (Phi) is 8.00. The van der Waals surface area contributed by atoms with Crippen LogP contribution >= 0.6 is 0 Å². The van der Waals surface area contributed by atoms with Gasteiger partial charge in [-0.1, -0.05) is 121 Å². The third-order valence-electron chi connectivity index (χ3n) is 9.39. The number of hydrogen-bond acceptors (Lipinski definition) is 5. The molecule has 0 amide bonds. The molecular formula is C46H27F3N4O. The SMILES string of the molecule is O=C(C1=C(c2ccccc2)C2=NC1=CC1=NC(=CC3=NC(=CC4=NC(=C2c2ccccc2)C(c2ccccc2)=C4c2ccccc2)C=C3)C=C1)C(F)(F)F. The molecule has 4 aromatic carbocycles. The molecule has 8 bridgehead atoms. The summed E-state index contributed by atoms with van der Waals surface area (Å²) < 4.78 is 44.2. The van der Waals surface area contributed by atoms with Crippen molar-refractivity contribution in [3.63, 3.8) is 0 Å². The Balaban J connectivity index is 1.48. The third-order valence-corrected chi connectivity index (χ3v) is 9.39. The van der Waals surface area contributed by atoms with Crippen molar-refractivity contribution in [1.82, 2.24) is 0 Å². The van der Waals surface area contributed by atoms with Crippen LogP contribution in [-0.2, 0) is 4.79 Å². The number of halogens is 3. The largest absolute Gasteiger partial charge is 0.454 e. The van der Waals surface area contributed by atoms with Crippen molar-refractivity contribution in [3.05, 3.63) is 214 Å². The highest BCUT2D eigenvalue weighted by atomic mass is 19.4. The molecule has 5 aliphatic rings. The van der Waals surface area contributed by atoms with E-state index in [0.717, 1.165) is 22.3 Å². The molecule has 54 heavy (non-hydrogen) atoms. The molecule has 0 saturated heterocycles. The fourth-order valence-electron chi connectivity index (χ4n) is 7.10. The smallest absolute Gasteiger partial charge is 0.284 e. The average Bonchev–Trinajstić information content (AvgIpc) is 3.99. The zero-order valence-electron chi connectivity index (χ0n) is 28.4. The monoisotopic (exact) mass is 708 g/mol. The van der Waals surface area contributed by atoms with Crippen LogP contribution in [-0.4, -0.2) is 34.8 Å². The van der Waals surface area contributed by atoms with Crippen LogP contribution in [0, 0.1) is 0 Å². The number of nitrogens with zero attached hydrogens (tertiary/aromatic N) is 4. The Morgan fingerprint density at radius 3 is 1.46 bits per heavy atom. The molecule has 4 aromatic rings. The van der Waals surface area contributed by atoms with Crippen LogP contribution in [0.5, 0.6) is 0 Å². The molecule has 5 aliphatic heterocycles. The van der Waals surface area contributed by atoms with Gasteiger partial charge in [0.2, 0.25) is 0 Å². The van der Waals surface area contributed by atoms with Gasteiger partial charge in [-0.05, 0) is 64.8 Å². The summed E-state index contributed by atoms with van der Waals surface area (Å²) in [4.78, 5) is 33.6. The van der Waals surface area contributed by atoms with Crippen molar-refractivity contribution in [2.24, 2.45) is 20.0 Å². The predicted molar refractivity (Wildman–Crippen MR) is 210 cm³/mol. The lowest BCUT2D eigenvalue weighted by Gasteiger charge is -2.18. The van der Waals surface area contributed by atoms with E-state index in [-0.39, 0.29) is 17.0 Å². The van der Waals surface area contributed by atoms with Gasteiger partial charge in [0, 0.05) is 22.3 Å². The number of carbonyl (C=O) groups is 1. The average molecular weight is 709 g/mol. The molecule has 0 aromatic heterocycles. The Labute approximate surface area is 308 Å². The number of hydrogen-bond donors (Lipinski definition) is 0. The van der Waals surface area contributed by atoms with Crippen molar-refractivity contribution in [1.29, 1.82) is 0 Å². The van der Waals surface area contributed by atoms with Crippen molar-refractivity contribution in [3.8, 4) is 0 Å². The molecule has 0 N–H and O–H groups in total. The Bertz CT molecular complexity index is 2650. The maximum absolute atomic E-state index is 14.7. The first-order valence-corrected chi connectivity index (χ1v) is 17.3. The van der Waals surface area contributed by atoms with Crippen LogP contribution in [0.3, 0.4) is 0 Å². The molecule has 0 spiro atoms. The second-order valence-electron chi connectivity index (χ2n) is 12.9. The van der Waals surface area contributed by atoms with Crippen molar-refractivity contribution in [2.75, 3.05) is 0 Å². The Morgan fingerprint density at radius 2 is 0.926 bits per heavy atom. The molecule has 5 nitrogen and oxygen atoms in total. The number of aliphatic imine (C=N–C) groups is 4. The minimum absolute atomic E-state index is 0.0569. The second-order valence-corrected chi connectivity index (χ2v) is 12.9. The highest BCUT2D eigenvalue weighted by molar-refractivity contribution is 6.52. The molecule has 0 atom stereocenters. The van der Waals surface area contributed by atoms with Crippen molar-refractivity contribution in [2.45, 2.75) is 6.18 Å². The summed E-state index contributed by atoms with van der Waals surface area (Å²) in [5.41, 5.74) is 7.69. The molecule has 8 heteroatoms. The van der Waals surface area contributed by atoms with E-state index in [2.05, 4.69) is 4.99 Å². The highest BCUT2D eigenvalue weighted by Gasteiger charge is 2.46. The number of ketones is 1. The molecule has 0 radical (unpaired) electrons.